The summed E-state index contributed by atoms with van der Waals surface area (Å²) in [5.74, 6) is 0. The van der Waals surface area contributed by atoms with Crippen LogP contribution in [0.25, 0.3) is 0 Å². The van der Waals surface area contributed by atoms with Crippen molar-refractivity contribution < 1.29 is 15.0 Å². The molecule has 0 aliphatic carbocycles. The fraction of sp³-hybridized carbons (Fsp3) is 0.875. The predicted molar refractivity (Wildman–Crippen MR) is 46.1 cm³/mol. The fourth-order valence-electron chi connectivity index (χ4n) is 0.700. The van der Waals surface area contributed by atoms with Gasteiger partial charge in [-0.2, -0.15) is 0 Å². The van der Waals surface area contributed by atoms with Gasteiger partial charge in [0, 0.05) is 0 Å². The van der Waals surface area contributed by atoms with Gasteiger partial charge in [-0.05, 0) is 12.3 Å². The highest BCUT2D eigenvalue weighted by molar-refractivity contribution is 5.65. The lowest BCUT2D eigenvalue weighted by Gasteiger charge is -2.40. The molecule has 0 aromatic rings. The lowest BCUT2D eigenvalue weighted by atomic mass is 9.75. The Morgan fingerprint density at radius 2 is 1.75 bits per heavy atom. The third kappa shape index (κ3) is 2.37. The second-order valence-corrected chi connectivity index (χ2v) is 4.17. The molecule has 0 saturated carbocycles. The van der Waals surface area contributed by atoms with E-state index >= 15 is 0 Å². The van der Waals surface area contributed by atoms with Gasteiger partial charge < -0.3 is 15.5 Å². The molecule has 1 atom stereocenters. The van der Waals surface area contributed by atoms with E-state index in [0.717, 1.165) is 0 Å². The van der Waals surface area contributed by atoms with Gasteiger partial charge in [0.15, 0.2) is 0 Å². The molecular formula is C8H17NO3. The summed E-state index contributed by atoms with van der Waals surface area (Å²) < 4.78 is 0. The molecule has 0 saturated heterocycles. The largest absolute Gasteiger partial charge is 0.465 e. The van der Waals surface area contributed by atoms with E-state index in [-0.39, 0.29) is 12.0 Å². The Balaban J connectivity index is 4.56. The molecular weight excluding hydrogens is 158 g/mol. The van der Waals surface area contributed by atoms with E-state index in [4.69, 9.17) is 10.2 Å². The first-order valence-electron chi connectivity index (χ1n) is 3.85. The van der Waals surface area contributed by atoms with E-state index in [9.17, 15) is 4.79 Å². The number of carbonyl (C=O) groups is 1. The second kappa shape index (κ2) is 3.31. The highest BCUT2D eigenvalue weighted by atomic mass is 16.4. The Kier molecular flexibility index (Phi) is 3.10. The van der Waals surface area contributed by atoms with Gasteiger partial charge in [-0.3, -0.25) is 0 Å². The van der Waals surface area contributed by atoms with Crippen molar-refractivity contribution in [2.75, 3.05) is 6.61 Å². The Morgan fingerprint density at radius 3 is 1.83 bits per heavy atom. The topological polar surface area (TPSA) is 69.6 Å². The van der Waals surface area contributed by atoms with Gasteiger partial charge >= 0.3 is 6.09 Å². The van der Waals surface area contributed by atoms with Crippen LogP contribution in [0.3, 0.4) is 0 Å². The Morgan fingerprint density at radius 1 is 1.33 bits per heavy atom. The summed E-state index contributed by atoms with van der Waals surface area (Å²) in [7, 11) is 0. The average molecular weight is 175 g/mol. The van der Waals surface area contributed by atoms with E-state index in [1.54, 1.807) is 6.92 Å². The first kappa shape index (κ1) is 11.2. The molecule has 0 bridgehead atoms. The Bertz CT molecular complexity index is 174. The molecule has 3 N–H and O–H groups in total. The molecule has 0 aliphatic rings. The lowest BCUT2D eigenvalue weighted by molar-refractivity contribution is 0.0726. The number of hydrogen-bond donors (Lipinski definition) is 3. The summed E-state index contributed by atoms with van der Waals surface area (Å²) in [6.07, 6.45) is -1.11. The standard InChI is InChI=1S/C8H17NO3/c1-7(2,3)8(4,5-10)9-6(11)12/h9-10H,5H2,1-4H3,(H,11,12)/t8-/m0/s1. The maximum absolute atomic E-state index is 10.4. The maximum atomic E-state index is 10.4. The van der Waals surface area contributed by atoms with Gasteiger partial charge in [-0.1, -0.05) is 20.8 Å². The molecule has 12 heavy (non-hydrogen) atoms. The van der Waals surface area contributed by atoms with E-state index in [0.29, 0.717) is 0 Å². The number of carboxylic acid groups (broad SMARTS) is 1. The van der Waals surface area contributed by atoms with Crippen LogP contribution in [-0.4, -0.2) is 28.5 Å². The summed E-state index contributed by atoms with van der Waals surface area (Å²) in [5.41, 5.74) is -1.10. The van der Waals surface area contributed by atoms with Crippen LogP contribution >= 0.6 is 0 Å². The molecule has 4 nitrogen and oxygen atoms in total. The van der Waals surface area contributed by atoms with Crippen molar-refractivity contribution in [1.29, 1.82) is 0 Å². The lowest BCUT2D eigenvalue weighted by Crippen LogP contribution is -2.57. The minimum atomic E-state index is -1.11. The fourth-order valence-corrected chi connectivity index (χ4v) is 0.700. The average Bonchev–Trinajstić information content (AvgIpc) is 1.83. The monoisotopic (exact) mass is 175 g/mol. The Labute approximate surface area is 72.6 Å². The zero-order valence-electron chi connectivity index (χ0n) is 8.01. The van der Waals surface area contributed by atoms with Crippen molar-refractivity contribution in [2.24, 2.45) is 5.41 Å². The molecule has 0 aromatic heterocycles. The summed E-state index contributed by atoms with van der Waals surface area (Å²) in [6, 6.07) is 0. The highest BCUT2D eigenvalue weighted by Crippen LogP contribution is 2.29. The first-order chi connectivity index (χ1) is 5.23. The van der Waals surface area contributed by atoms with Gasteiger partial charge in [-0.15, -0.1) is 0 Å². The third-order valence-corrected chi connectivity index (χ3v) is 2.35. The van der Waals surface area contributed by atoms with Crippen LogP contribution in [0.1, 0.15) is 27.7 Å². The Hall–Kier alpha value is -0.770. The summed E-state index contributed by atoms with van der Waals surface area (Å²) in [5, 5.41) is 19.9. The van der Waals surface area contributed by atoms with Crippen molar-refractivity contribution in [2.45, 2.75) is 33.2 Å². The van der Waals surface area contributed by atoms with Gasteiger partial charge in [-0.25, -0.2) is 4.79 Å². The number of nitrogens with one attached hydrogen (secondary N) is 1. The van der Waals surface area contributed by atoms with Crippen LogP contribution in [0.5, 0.6) is 0 Å². The number of hydrogen-bond acceptors (Lipinski definition) is 2. The zero-order chi connectivity index (χ0) is 9.99. The van der Waals surface area contributed by atoms with Crippen molar-refractivity contribution in [3.05, 3.63) is 0 Å². The molecule has 0 rings (SSSR count). The molecule has 0 unspecified atom stereocenters. The maximum Gasteiger partial charge on any atom is 0.405 e. The third-order valence-electron chi connectivity index (χ3n) is 2.35. The van der Waals surface area contributed by atoms with Crippen LogP contribution in [0.2, 0.25) is 0 Å². The number of aliphatic hydroxyl groups is 1. The second-order valence-electron chi connectivity index (χ2n) is 4.17. The van der Waals surface area contributed by atoms with Crippen LogP contribution < -0.4 is 5.32 Å². The first-order valence-corrected chi connectivity index (χ1v) is 3.85. The number of aliphatic hydroxyl groups excluding tert-OH is 1. The molecule has 4 heteroatoms. The number of rotatable bonds is 2. The van der Waals surface area contributed by atoms with Crippen LogP contribution in [-0.2, 0) is 0 Å². The zero-order valence-corrected chi connectivity index (χ0v) is 8.01. The molecule has 0 aromatic carbocycles. The molecule has 0 heterocycles. The molecule has 0 spiro atoms. The minimum Gasteiger partial charge on any atom is -0.465 e. The molecule has 72 valence electrons. The predicted octanol–water partition coefficient (Wildman–Crippen LogP) is 1.05. The quantitative estimate of drug-likeness (QED) is 0.587. The minimum absolute atomic E-state index is 0.206. The number of amides is 1. The van der Waals surface area contributed by atoms with Crippen molar-refractivity contribution in [3.63, 3.8) is 0 Å². The van der Waals surface area contributed by atoms with Crippen molar-refractivity contribution in [3.8, 4) is 0 Å². The van der Waals surface area contributed by atoms with Crippen LogP contribution in [0.15, 0.2) is 0 Å². The van der Waals surface area contributed by atoms with Gasteiger partial charge in [0.25, 0.3) is 0 Å². The van der Waals surface area contributed by atoms with Gasteiger partial charge in [0.1, 0.15) is 0 Å². The highest BCUT2D eigenvalue weighted by Gasteiger charge is 2.38. The molecule has 1 amide bonds. The summed E-state index contributed by atoms with van der Waals surface area (Å²) in [6.45, 7) is 7.10. The van der Waals surface area contributed by atoms with Gasteiger partial charge in [0.2, 0.25) is 0 Å². The smallest absolute Gasteiger partial charge is 0.405 e. The molecule has 0 radical (unpaired) electrons. The SMILES string of the molecule is CC(C)(C)[C@](C)(CO)NC(=O)O. The summed E-state index contributed by atoms with van der Waals surface area (Å²) in [4.78, 5) is 10.4. The van der Waals surface area contributed by atoms with E-state index in [2.05, 4.69) is 5.32 Å². The molecule has 0 aliphatic heterocycles. The normalized spacial score (nSPS) is 16.8. The van der Waals surface area contributed by atoms with E-state index < -0.39 is 11.6 Å². The van der Waals surface area contributed by atoms with E-state index in [1.807, 2.05) is 20.8 Å². The summed E-state index contributed by atoms with van der Waals surface area (Å²) >= 11 is 0. The van der Waals surface area contributed by atoms with Crippen LogP contribution in [0.4, 0.5) is 4.79 Å². The van der Waals surface area contributed by atoms with Crippen molar-refractivity contribution in [1.82, 2.24) is 5.32 Å². The van der Waals surface area contributed by atoms with Crippen LogP contribution in [0, 0.1) is 5.41 Å². The van der Waals surface area contributed by atoms with E-state index in [1.165, 1.54) is 0 Å². The van der Waals surface area contributed by atoms with Gasteiger partial charge in [0.05, 0.1) is 12.1 Å². The van der Waals surface area contributed by atoms with Crippen molar-refractivity contribution >= 4 is 6.09 Å². The molecule has 0 fully saturated rings.